The minimum Gasteiger partial charge on any atom is -0.481 e. The van der Waals surface area contributed by atoms with Gasteiger partial charge in [-0.15, -0.1) is 0 Å². The SMILES string of the molecule is CC[C@H](C)OC(=O)COc1ccc2c(-c3ccccc3)cc(=O)oc2c1C. The van der Waals surface area contributed by atoms with Gasteiger partial charge in [0, 0.05) is 17.0 Å². The first-order valence-corrected chi connectivity index (χ1v) is 8.94. The first-order chi connectivity index (χ1) is 13.0. The molecule has 0 N–H and O–H groups in total. The summed E-state index contributed by atoms with van der Waals surface area (Å²) in [7, 11) is 0. The summed E-state index contributed by atoms with van der Waals surface area (Å²) in [6.07, 6.45) is 0.596. The lowest BCUT2D eigenvalue weighted by molar-refractivity contribution is -0.150. The van der Waals surface area contributed by atoms with Crippen LogP contribution in [-0.2, 0) is 9.53 Å². The van der Waals surface area contributed by atoms with Gasteiger partial charge in [-0.3, -0.25) is 0 Å². The van der Waals surface area contributed by atoms with Gasteiger partial charge in [-0.2, -0.15) is 0 Å². The second-order valence-corrected chi connectivity index (χ2v) is 6.41. The molecule has 2 aromatic carbocycles. The van der Waals surface area contributed by atoms with Crippen LogP contribution < -0.4 is 10.4 Å². The van der Waals surface area contributed by atoms with Crippen molar-refractivity contribution in [2.45, 2.75) is 33.3 Å². The molecule has 27 heavy (non-hydrogen) atoms. The molecule has 0 unspecified atom stereocenters. The molecule has 5 heteroatoms. The first-order valence-electron chi connectivity index (χ1n) is 8.94. The Kier molecular flexibility index (Phi) is 5.60. The van der Waals surface area contributed by atoms with E-state index in [2.05, 4.69) is 0 Å². The highest BCUT2D eigenvalue weighted by molar-refractivity contribution is 5.95. The van der Waals surface area contributed by atoms with Gasteiger partial charge in [-0.25, -0.2) is 9.59 Å². The van der Waals surface area contributed by atoms with E-state index in [1.165, 1.54) is 6.07 Å². The Labute approximate surface area is 157 Å². The van der Waals surface area contributed by atoms with E-state index in [9.17, 15) is 9.59 Å². The zero-order valence-corrected chi connectivity index (χ0v) is 15.7. The fourth-order valence-corrected chi connectivity index (χ4v) is 2.83. The molecule has 0 saturated heterocycles. The highest BCUT2D eigenvalue weighted by atomic mass is 16.6. The lowest BCUT2D eigenvalue weighted by Crippen LogP contribution is -2.20. The lowest BCUT2D eigenvalue weighted by Gasteiger charge is -2.14. The van der Waals surface area contributed by atoms with Gasteiger partial charge in [0.05, 0.1) is 6.10 Å². The summed E-state index contributed by atoms with van der Waals surface area (Å²) in [5.41, 5.74) is 2.42. The number of fused-ring (bicyclic) bond motifs is 1. The average molecular weight is 366 g/mol. The van der Waals surface area contributed by atoms with E-state index in [4.69, 9.17) is 13.9 Å². The molecular weight excluding hydrogens is 344 g/mol. The minimum absolute atomic E-state index is 0.148. The molecule has 0 bridgehead atoms. The van der Waals surface area contributed by atoms with Gasteiger partial charge in [-0.1, -0.05) is 37.3 Å². The Morgan fingerprint density at radius 3 is 2.59 bits per heavy atom. The fraction of sp³-hybridized carbons (Fsp3) is 0.273. The van der Waals surface area contributed by atoms with Crippen LogP contribution in [0.2, 0.25) is 0 Å². The quantitative estimate of drug-likeness (QED) is 0.475. The molecule has 0 amide bonds. The molecule has 1 heterocycles. The van der Waals surface area contributed by atoms with Crippen molar-refractivity contribution in [1.82, 2.24) is 0 Å². The van der Waals surface area contributed by atoms with Gasteiger partial charge in [0.1, 0.15) is 11.3 Å². The zero-order chi connectivity index (χ0) is 19.4. The second-order valence-electron chi connectivity index (χ2n) is 6.41. The Morgan fingerprint density at radius 2 is 1.89 bits per heavy atom. The van der Waals surface area contributed by atoms with E-state index in [-0.39, 0.29) is 12.7 Å². The predicted molar refractivity (Wildman–Crippen MR) is 104 cm³/mol. The van der Waals surface area contributed by atoms with Crippen molar-refractivity contribution in [1.29, 1.82) is 0 Å². The topological polar surface area (TPSA) is 65.7 Å². The number of rotatable bonds is 6. The molecule has 1 atom stereocenters. The fourth-order valence-electron chi connectivity index (χ4n) is 2.83. The van der Waals surface area contributed by atoms with Gasteiger partial charge >= 0.3 is 11.6 Å². The number of hydrogen-bond acceptors (Lipinski definition) is 5. The Bertz CT molecular complexity index is 1000. The molecule has 0 fully saturated rings. The smallest absolute Gasteiger partial charge is 0.344 e. The van der Waals surface area contributed by atoms with Gasteiger partial charge in [-0.05, 0) is 43.5 Å². The first kappa shape index (κ1) is 18.7. The lowest BCUT2D eigenvalue weighted by atomic mass is 10.0. The van der Waals surface area contributed by atoms with Gasteiger partial charge in [0.2, 0.25) is 0 Å². The van der Waals surface area contributed by atoms with Crippen molar-refractivity contribution >= 4 is 16.9 Å². The molecule has 140 valence electrons. The molecule has 3 rings (SSSR count). The Balaban J connectivity index is 1.94. The third-order valence-electron chi connectivity index (χ3n) is 4.45. The Hall–Kier alpha value is -3.08. The highest BCUT2D eigenvalue weighted by Crippen LogP contribution is 2.33. The number of carbonyl (C=O) groups is 1. The average Bonchev–Trinajstić information content (AvgIpc) is 2.68. The summed E-state index contributed by atoms with van der Waals surface area (Å²) in [5.74, 6) is 0.0558. The second kappa shape index (κ2) is 8.08. The van der Waals surface area contributed by atoms with E-state index >= 15 is 0 Å². The maximum absolute atomic E-state index is 12.1. The van der Waals surface area contributed by atoms with Crippen LogP contribution in [0.15, 0.2) is 57.7 Å². The molecule has 0 radical (unpaired) electrons. The molecule has 5 nitrogen and oxygen atoms in total. The maximum Gasteiger partial charge on any atom is 0.344 e. The molecule has 0 saturated carbocycles. The number of aryl methyl sites for hydroxylation is 1. The summed E-state index contributed by atoms with van der Waals surface area (Å²) >= 11 is 0. The van der Waals surface area contributed by atoms with Crippen LogP contribution in [0.25, 0.3) is 22.1 Å². The highest BCUT2D eigenvalue weighted by Gasteiger charge is 2.15. The maximum atomic E-state index is 12.1. The van der Waals surface area contributed by atoms with Crippen LogP contribution in [0.5, 0.6) is 5.75 Å². The Morgan fingerprint density at radius 1 is 1.15 bits per heavy atom. The number of esters is 1. The molecule has 0 aliphatic carbocycles. The van der Waals surface area contributed by atoms with Crippen molar-refractivity contribution in [3.63, 3.8) is 0 Å². The predicted octanol–water partition coefficient (Wildman–Crippen LogP) is 4.49. The van der Waals surface area contributed by atoms with Crippen molar-refractivity contribution in [2.24, 2.45) is 0 Å². The van der Waals surface area contributed by atoms with E-state index < -0.39 is 11.6 Å². The zero-order valence-electron chi connectivity index (χ0n) is 15.7. The number of hydrogen-bond donors (Lipinski definition) is 0. The summed E-state index contributed by atoms with van der Waals surface area (Å²) in [6, 6.07) is 14.8. The normalized spacial score (nSPS) is 12.0. The number of carbonyl (C=O) groups excluding carboxylic acids is 1. The van der Waals surface area contributed by atoms with Crippen LogP contribution in [0.3, 0.4) is 0 Å². The molecule has 0 spiro atoms. The van der Waals surface area contributed by atoms with Crippen molar-refractivity contribution in [2.75, 3.05) is 6.61 Å². The van der Waals surface area contributed by atoms with Crippen LogP contribution in [0.1, 0.15) is 25.8 Å². The molecule has 0 aliphatic heterocycles. The van der Waals surface area contributed by atoms with Crippen LogP contribution in [-0.4, -0.2) is 18.7 Å². The largest absolute Gasteiger partial charge is 0.481 e. The van der Waals surface area contributed by atoms with Crippen LogP contribution in [0, 0.1) is 6.92 Å². The number of ether oxygens (including phenoxy) is 2. The molecule has 0 aliphatic rings. The van der Waals surface area contributed by atoms with E-state index in [0.717, 1.165) is 22.9 Å². The summed E-state index contributed by atoms with van der Waals surface area (Å²) in [5, 5.41) is 0.813. The molecule has 3 aromatic rings. The van der Waals surface area contributed by atoms with E-state index in [1.807, 2.05) is 50.2 Å². The van der Waals surface area contributed by atoms with Crippen molar-refractivity contribution in [3.8, 4) is 16.9 Å². The van der Waals surface area contributed by atoms with Gasteiger partial charge in [0.15, 0.2) is 6.61 Å². The monoisotopic (exact) mass is 366 g/mol. The van der Waals surface area contributed by atoms with Crippen molar-refractivity contribution < 1.29 is 18.7 Å². The van der Waals surface area contributed by atoms with E-state index in [1.54, 1.807) is 13.0 Å². The van der Waals surface area contributed by atoms with Gasteiger partial charge < -0.3 is 13.9 Å². The van der Waals surface area contributed by atoms with Crippen LogP contribution >= 0.6 is 0 Å². The minimum atomic E-state index is -0.433. The summed E-state index contributed by atoms with van der Waals surface area (Å²) in [4.78, 5) is 23.9. The third-order valence-corrected chi connectivity index (χ3v) is 4.45. The van der Waals surface area contributed by atoms with E-state index in [0.29, 0.717) is 16.9 Å². The third kappa shape index (κ3) is 4.19. The van der Waals surface area contributed by atoms with Gasteiger partial charge in [0.25, 0.3) is 0 Å². The summed E-state index contributed by atoms with van der Waals surface area (Å²) in [6.45, 7) is 5.38. The molecular formula is C22H22O5. The van der Waals surface area contributed by atoms with Crippen molar-refractivity contribution in [3.05, 3.63) is 64.5 Å². The standard InChI is InChI=1S/C22H22O5/c1-4-14(2)26-21(24)13-25-19-11-10-17-18(16-8-6-5-7-9-16)12-20(23)27-22(17)15(19)3/h5-12,14H,4,13H2,1-3H3/t14-/m0/s1. The molecule has 1 aromatic heterocycles. The van der Waals surface area contributed by atoms with Crippen LogP contribution in [0.4, 0.5) is 0 Å². The number of benzene rings is 2. The summed E-state index contributed by atoms with van der Waals surface area (Å²) < 4.78 is 16.2.